The van der Waals surface area contributed by atoms with Crippen LogP contribution in [0.2, 0.25) is 0 Å². The fourth-order valence-electron chi connectivity index (χ4n) is 1.14. The second-order valence-corrected chi connectivity index (χ2v) is 4.43. The van der Waals surface area contributed by atoms with Gasteiger partial charge in [0.1, 0.15) is 5.01 Å². The van der Waals surface area contributed by atoms with E-state index in [1.54, 1.807) is 24.5 Å². The van der Waals surface area contributed by atoms with Crippen molar-refractivity contribution >= 4 is 22.4 Å². The van der Waals surface area contributed by atoms with Crippen molar-refractivity contribution in [3.63, 3.8) is 0 Å². The lowest BCUT2D eigenvalue weighted by Gasteiger charge is -1.99. The Kier molecular flexibility index (Phi) is 3.40. The van der Waals surface area contributed by atoms with Crippen molar-refractivity contribution in [3.05, 3.63) is 35.1 Å². The number of aromatic nitrogens is 3. The van der Waals surface area contributed by atoms with Crippen LogP contribution in [-0.4, -0.2) is 21.1 Å². The van der Waals surface area contributed by atoms with Gasteiger partial charge >= 0.3 is 0 Å². The number of nitrogens with two attached hydrogens (primary N) is 1. The van der Waals surface area contributed by atoms with Crippen molar-refractivity contribution in [2.24, 2.45) is 5.73 Å². The highest BCUT2D eigenvalue weighted by Crippen LogP contribution is 2.20. The van der Waals surface area contributed by atoms with Crippen molar-refractivity contribution in [3.8, 4) is 0 Å². The molecule has 2 heterocycles. The van der Waals surface area contributed by atoms with Gasteiger partial charge in [-0.15, -0.1) is 10.2 Å². The molecule has 0 radical (unpaired) electrons. The van der Waals surface area contributed by atoms with Crippen LogP contribution in [-0.2, 0) is 0 Å². The van der Waals surface area contributed by atoms with Gasteiger partial charge in [-0.2, -0.15) is 0 Å². The first-order chi connectivity index (χ1) is 8.16. The maximum Gasteiger partial charge on any atom is 0.257 e. The molecule has 17 heavy (non-hydrogen) atoms. The van der Waals surface area contributed by atoms with E-state index >= 15 is 0 Å². The van der Waals surface area contributed by atoms with Gasteiger partial charge in [-0.3, -0.25) is 15.1 Å². The molecule has 0 aliphatic heterocycles. The molecular weight excluding hydrogens is 238 g/mol. The monoisotopic (exact) mass is 249 g/mol. The van der Waals surface area contributed by atoms with Crippen molar-refractivity contribution in [2.45, 2.75) is 13.0 Å². The van der Waals surface area contributed by atoms with Crippen molar-refractivity contribution < 1.29 is 4.79 Å². The molecule has 2 rings (SSSR count). The van der Waals surface area contributed by atoms with Gasteiger partial charge in [-0.25, -0.2) is 0 Å². The summed E-state index contributed by atoms with van der Waals surface area (Å²) in [5.41, 5.74) is 6.18. The number of anilines is 1. The highest BCUT2D eigenvalue weighted by Gasteiger charge is 2.11. The molecule has 3 N–H and O–H groups in total. The molecule has 1 unspecified atom stereocenters. The predicted octanol–water partition coefficient (Wildman–Crippen LogP) is 1.21. The molecule has 0 aliphatic rings. The normalized spacial score (nSPS) is 12.1. The van der Waals surface area contributed by atoms with Gasteiger partial charge in [-0.1, -0.05) is 11.3 Å². The minimum atomic E-state index is -0.236. The van der Waals surface area contributed by atoms with E-state index in [2.05, 4.69) is 20.5 Å². The molecule has 0 spiro atoms. The van der Waals surface area contributed by atoms with Gasteiger partial charge < -0.3 is 5.73 Å². The Labute approximate surface area is 102 Å². The summed E-state index contributed by atoms with van der Waals surface area (Å²) >= 11 is 1.27. The first-order valence-corrected chi connectivity index (χ1v) is 5.79. The van der Waals surface area contributed by atoms with Crippen molar-refractivity contribution in [1.82, 2.24) is 15.2 Å². The summed E-state index contributed by atoms with van der Waals surface area (Å²) in [6.45, 7) is 1.81. The number of hydrogen-bond donors (Lipinski definition) is 2. The Bertz CT molecular complexity index is 510. The van der Waals surface area contributed by atoms with Gasteiger partial charge in [0, 0.05) is 18.0 Å². The summed E-state index contributed by atoms with van der Waals surface area (Å²) in [7, 11) is 0. The summed E-state index contributed by atoms with van der Waals surface area (Å²) < 4.78 is 0. The molecule has 7 heteroatoms. The summed E-state index contributed by atoms with van der Waals surface area (Å²) in [5.74, 6) is -0.236. The van der Waals surface area contributed by atoms with E-state index in [0.717, 1.165) is 0 Å². The number of rotatable bonds is 3. The summed E-state index contributed by atoms with van der Waals surface area (Å²) in [5, 5.41) is 11.5. The van der Waals surface area contributed by atoms with E-state index in [-0.39, 0.29) is 11.9 Å². The third kappa shape index (κ3) is 2.83. The van der Waals surface area contributed by atoms with E-state index in [9.17, 15) is 4.79 Å². The average molecular weight is 249 g/mol. The lowest BCUT2D eigenvalue weighted by molar-refractivity contribution is 0.102. The molecule has 1 amide bonds. The molecule has 0 bridgehead atoms. The number of nitrogens with one attached hydrogen (secondary N) is 1. The van der Waals surface area contributed by atoms with E-state index < -0.39 is 0 Å². The second-order valence-electron chi connectivity index (χ2n) is 3.42. The van der Waals surface area contributed by atoms with E-state index in [1.165, 1.54) is 11.3 Å². The zero-order valence-corrected chi connectivity index (χ0v) is 9.94. The molecule has 0 saturated carbocycles. The van der Waals surface area contributed by atoms with Gasteiger partial charge in [-0.05, 0) is 19.1 Å². The van der Waals surface area contributed by atoms with E-state index in [0.29, 0.717) is 15.7 Å². The minimum Gasteiger partial charge on any atom is -0.322 e. The zero-order chi connectivity index (χ0) is 12.3. The van der Waals surface area contributed by atoms with Gasteiger partial charge in [0.2, 0.25) is 5.13 Å². The average Bonchev–Trinajstić information content (AvgIpc) is 2.79. The molecular formula is C10H11N5OS. The largest absolute Gasteiger partial charge is 0.322 e. The fourth-order valence-corrected chi connectivity index (χ4v) is 1.83. The summed E-state index contributed by atoms with van der Waals surface area (Å²) in [4.78, 5) is 15.6. The topological polar surface area (TPSA) is 93.8 Å². The van der Waals surface area contributed by atoms with Gasteiger partial charge in [0.05, 0.1) is 6.04 Å². The molecule has 0 aliphatic carbocycles. The number of pyridine rings is 1. The van der Waals surface area contributed by atoms with Crippen LogP contribution in [0.4, 0.5) is 5.13 Å². The fraction of sp³-hybridized carbons (Fsp3) is 0.200. The highest BCUT2D eigenvalue weighted by molar-refractivity contribution is 7.15. The molecule has 2 aromatic rings. The molecule has 0 saturated heterocycles. The molecule has 1 atom stereocenters. The van der Waals surface area contributed by atoms with Crippen molar-refractivity contribution in [1.29, 1.82) is 0 Å². The lowest BCUT2D eigenvalue weighted by atomic mass is 10.2. The van der Waals surface area contributed by atoms with Crippen LogP contribution in [0.3, 0.4) is 0 Å². The number of amides is 1. The van der Waals surface area contributed by atoms with Crippen LogP contribution in [0.15, 0.2) is 24.5 Å². The minimum absolute atomic E-state index is 0.181. The summed E-state index contributed by atoms with van der Waals surface area (Å²) in [6.07, 6.45) is 3.12. The van der Waals surface area contributed by atoms with Crippen LogP contribution in [0.25, 0.3) is 0 Å². The standard InChI is InChI=1S/C10H11N5OS/c1-6(11)9-14-15-10(17-9)13-8(16)7-2-4-12-5-3-7/h2-6H,11H2,1H3,(H,13,15,16). The molecule has 2 aromatic heterocycles. The molecule has 6 nitrogen and oxygen atoms in total. The van der Waals surface area contributed by atoms with Crippen molar-refractivity contribution in [2.75, 3.05) is 5.32 Å². The van der Waals surface area contributed by atoms with Crippen LogP contribution < -0.4 is 11.1 Å². The number of carbonyl (C=O) groups excluding carboxylic acids is 1. The Morgan fingerprint density at radius 3 is 2.71 bits per heavy atom. The Balaban J connectivity index is 2.08. The van der Waals surface area contributed by atoms with Crippen LogP contribution >= 0.6 is 11.3 Å². The maximum atomic E-state index is 11.8. The van der Waals surface area contributed by atoms with Crippen LogP contribution in [0.5, 0.6) is 0 Å². The third-order valence-electron chi connectivity index (χ3n) is 1.99. The van der Waals surface area contributed by atoms with Crippen LogP contribution in [0.1, 0.15) is 28.3 Å². The predicted molar refractivity (Wildman–Crippen MR) is 64.7 cm³/mol. The van der Waals surface area contributed by atoms with Gasteiger partial charge in [0.15, 0.2) is 0 Å². The number of carbonyl (C=O) groups is 1. The Morgan fingerprint density at radius 1 is 1.41 bits per heavy atom. The first kappa shape index (κ1) is 11.6. The smallest absolute Gasteiger partial charge is 0.257 e. The maximum absolute atomic E-state index is 11.8. The zero-order valence-electron chi connectivity index (χ0n) is 9.12. The second kappa shape index (κ2) is 4.98. The number of nitrogens with zero attached hydrogens (tertiary/aromatic N) is 3. The Morgan fingerprint density at radius 2 is 2.12 bits per heavy atom. The van der Waals surface area contributed by atoms with Gasteiger partial charge in [0.25, 0.3) is 5.91 Å². The Hall–Kier alpha value is -1.86. The summed E-state index contributed by atoms with van der Waals surface area (Å²) in [6, 6.07) is 3.07. The first-order valence-electron chi connectivity index (χ1n) is 4.97. The molecule has 88 valence electrons. The van der Waals surface area contributed by atoms with E-state index in [1.807, 2.05) is 6.92 Å². The molecule has 0 fully saturated rings. The lowest BCUT2D eigenvalue weighted by Crippen LogP contribution is -2.11. The highest BCUT2D eigenvalue weighted by atomic mass is 32.1. The quantitative estimate of drug-likeness (QED) is 0.852. The van der Waals surface area contributed by atoms with Crippen LogP contribution in [0, 0.1) is 0 Å². The third-order valence-corrected chi connectivity index (χ3v) is 3.03. The number of hydrogen-bond acceptors (Lipinski definition) is 6. The van der Waals surface area contributed by atoms with E-state index in [4.69, 9.17) is 5.73 Å². The SMILES string of the molecule is CC(N)c1nnc(NC(=O)c2ccncc2)s1. The molecule has 0 aromatic carbocycles.